The lowest BCUT2D eigenvalue weighted by atomic mass is 9.98. The summed E-state index contributed by atoms with van der Waals surface area (Å²) in [6.45, 7) is 2.52. The highest BCUT2D eigenvalue weighted by atomic mass is 19.4. The van der Waals surface area contributed by atoms with E-state index in [9.17, 15) is 23.1 Å². The molecule has 0 aliphatic carbocycles. The first-order chi connectivity index (χ1) is 9.73. The molecule has 1 aliphatic heterocycles. The summed E-state index contributed by atoms with van der Waals surface area (Å²) in [5, 5.41) is 10.0. The highest BCUT2D eigenvalue weighted by Crippen LogP contribution is 2.38. The van der Waals surface area contributed by atoms with Crippen LogP contribution in [0.15, 0.2) is 18.2 Å². The van der Waals surface area contributed by atoms with Crippen molar-refractivity contribution in [2.75, 3.05) is 18.0 Å². The number of rotatable bonds is 2. The largest absolute Gasteiger partial charge is 0.418 e. The Bertz CT molecular complexity index is 526. The van der Waals surface area contributed by atoms with E-state index in [0.29, 0.717) is 38.6 Å². The lowest BCUT2D eigenvalue weighted by Gasteiger charge is -2.27. The van der Waals surface area contributed by atoms with Crippen LogP contribution in [-0.2, 0) is 6.18 Å². The van der Waals surface area contributed by atoms with Crippen LogP contribution in [0.3, 0.4) is 0 Å². The van der Waals surface area contributed by atoms with Crippen LogP contribution in [0.5, 0.6) is 0 Å². The molecule has 1 aromatic rings. The minimum Gasteiger partial charge on any atom is -0.390 e. The normalized spacial score (nSPS) is 23.8. The maximum Gasteiger partial charge on any atom is 0.418 e. The molecule has 0 spiro atoms. The predicted molar refractivity (Wildman–Crippen MR) is 73.5 cm³/mol. The summed E-state index contributed by atoms with van der Waals surface area (Å²) in [6.07, 6.45) is -2.49. The van der Waals surface area contributed by atoms with Crippen molar-refractivity contribution in [3.63, 3.8) is 0 Å². The maximum atomic E-state index is 13.2. The van der Waals surface area contributed by atoms with Gasteiger partial charge < -0.3 is 10.0 Å². The molecule has 0 aromatic heterocycles. The van der Waals surface area contributed by atoms with Gasteiger partial charge in [-0.2, -0.15) is 13.2 Å². The van der Waals surface area contributed by atoms with Crippen LogP contribution in [0.4, 0.5) is 18.9 Å². The van der Waals surface area contributed by atoms with Gasteiger partial charge in [0.2, 0.25) is 0 Å². The second-order valence-electron chi connectivity index (χ2n) is 5.73. The molecule has 116 valence electrons. The minimum absolute atomic E-state index is 0.00731. The predicted octanol–water partition coefficient (Wildman–Crippen LogP) is 3.26. The molecule has 1 atom stereocenters. The number of nitrogens with zero attached hydrogens (tertiary/aromatic N) is 1. The quantitative estimate of drug-likeness (QED) is 0.852. The Balaban J connectivity index is 2.36. The number of aliphatic hydroxyl groups is 1. The van der Waals surface area contributed by atoms with Crippen LogP contribution < -0.4 is 4.90 Å². The molecule has 1 fully saturated rings. The van der Waals surface area contributed by atoms with Gasteiger partial charge in [-0.05, 0) is 44.4 Å². The molecule has 1 N–H and O–H groups in total. The van der Waals surface area contributed by atoms with E-state index in [1.807, 2.05) is 0 Å². The number of anilines is 1. The van der Waals surface area contributed by atoms with Gasteiger partial charge in [-0.25, -0.2) is 0 Å². The fraction of sp³-hybridized carbons (Fsp3) is 0.533. The summed E-state index contributed by atoms with van der Waals surface area (Å²) in [4.78, 5) is 12.3. The summed E-state index contributed by atoms with van der Waals surface area (Å²) in [6, 6.07) is 3.61. The molecule has 2 rings (SSSR count). The summed E-state index contributed by atoms with van der Waals surface area (Å²) in [7, 11) is 0. The Kier molecular flexibility index (Phi) is 4.27. The van der Waals surface area contributed by atoms with Crippen molar-refractivity contribution in [3.8, 4) is 0 Å². The number of aldehydes is 1. The van der Waals surface area contributed by atoms with Crippen molar-refractivity contribution < 1.29 is 23.1 Å². The highest BCUT2D eigenvalue weighted by Gasteiger charge is 2.36. The van der Waals surface area contributed by atoms with Gasteiger partial charge in [0.15, 0.2) is 0 Å². The fourth-order valence-electron chi connectivity index (χ4n) is 2.63. The molecular weight excluding hydrogens is 283 g/mol. The van der Waals surface area contributed by atoms with Gasteiger partial charge in [-0.15, -0.1) is 0 Å². The topological polar surface area (TPSA) is 40.5 Å². The number of carbonyl (C=O) groups is 1. The lowest BCUT2D eigenvalue weighted by molar-refractivity contribution is -0.137. The van der Waals surface area contributed by atoms with Crippen molar-refractivity contribution in [1.29, 1.82) is 0 Å². The Hall–Kier alpha value is -1.56. The van der Waals surface area contributed by atoms with E-state index in [4.69, 9.17) is 0 Å². The summed E-state index contributed by atoms with van der Waals surface area (Å²) in [5.74, 6) is 0. The third-order valence-electron chi connectivity index (χ3n) is 3.87. The monoisotopic (exact) mass is 301 g/mol. The molecule has 0 amide bonds. The zero-order chi connectivity index (χ0) is 15.7. The molecule has 1 aliphatic rings. The maximum absolute atomic E-state index is 13.2. The number of halogens is 3. The Labute approximate surface area is 121 Å². The van der Waals surface area contributed by atoms with Crippen LogP contribution in [0.1, 0.15) is 42.1 Å². The molecule has 1 aromatic carbocycles. The van der Waals surface area contributed by atoms with Gasteiger partial charge in [0.1, 0.15) is 6.29 Å². The van der Waals surface area contributed by atoms with Gasteiger partial charge in [0.05, 0.1) is 11.2 Å². The van der Waals surface area contributed by atoms with Crippen LogP contribution in [0.2, 0.25) is 0 Å². The van der Waals surface area contributed by atoms with Crippen molar-refractivity contribution in [2.45, 2.75) is 38.0 Å². The van der Waals surface area contributed by atoms with Gasteiger partial charge in [0.25, 0.3) is 0 Å². The zero-order valence-corrected chi connectivity index (χ0v) is 11.8. The van der Waals surface area contributed by atoms with E-state index in [1.165, 1.54) is 12.1 Å². The Morgan fingerprint density at radius 3 is 2.62 bits per heavy atom. The number of hydrogen-bond donors (Lipinski definition) is 1. The molecule has 0 saturated carbocycles. The molecule has 21 heavy (non-hydrogen) atoms. The summed E-state index contributed by atoms with van der Waals surface area (Å²) >= 11 is 0. The highest BCUT2D eigenvalue weighted by molar-refractivity contribution is 5.77. The van der Waals surface area contributed by atoms with E-state index in [2.05, 4.69) is 0 Å². The number of hydrogen-bond acceptors (Lipinski definition) is 3. The molecule has 1 saturated heterocycles. The van der Waals surface area contributed by atoms with Crippen molar-refractivity contribution in [3.05, 3.63) is 29.3 Å². The molecule has 1 unspecified atom stereocenters. The molecule has 0 bridgehead atoms. The van der Waals surface area contributed by atoms with Crippen LogP contribution in [0, 0.1) is 0 Å². The van der Waals surface area contributed by atoms with Crippen molar-refractivity contribution in [2.24, 2.45) is 0 Å². The standard InChI is InChI=1S/C15H18F3NO2/c1-14(21)5-2-7-19(8-6-14)13-4-3-11(10-20)9-12(13)15(16,17)18/h3-4,9-10,21H,2,5-8H2,1H3. The molecular formula is C15H18F3NO2. The van der Waals surface area contributed by atoms with Crippen LogP contribution in [0.25, 0.3) is 0 Å². The van der Waals surface area contributed by atoms with E-state index < -0.39 is 17.3 Å². The van der Waals surface area contributed by atoms with Crippen molar-refractivity contribution in [1.82, 2.24) is 0 Å². The van der Waals surface area contributed by atoms with Gasteiger partial charge in [0, 0.05) is 24.3 Å². The first kappa shape index (κ1) is 15.8. The smallest absolute Gasteiger partial charge is 0.390 e. The lowest BCUT2D eigenvalue weighted by Crippen LogP contribution is -2.29. The average Bonchev–Trinajstić information content (AvgIpc) is 2.58. The average molecular weight is 301 g/mol. The van der Waals surface area contributed by atoms with E-state index >= 15 is 0 Å². The Morgan fingerprint density at radius 1 is 1.29 bits per heavy atom. The third-order valence-corrected chi connectivity index (χ3v) is 3.87. The SMILES string of the molecule is CC1(O)CCCN(c2ccc(C=O)cc2C(F)(F)F)CC1. The van der Waals surface area contributed by atoms with Crippen molar-refractivity contribution >= 4 is 12.0 Å². The minimum atomic E-state index is -4.51. The second kappa shape index (κ2) is 5.67. The number of benzene rings is 1. The van der Waals surface area contributed by atoms with Gasteiger partial charge >= 0.3 is 6.18 Å². The van der Waals surface area contributed by atoms with E-state index in [0.717, 1.165) is 6.07 Å². The number of carbonyl (C=O) groups excluding carboxylic acids is 1. The summed E-state index contributed by atoms with van der Waals surface area (Å²) in [5.41, 5.74) is -1.55. The molecule has 0 radical (unpaired) electrons. The zero-order valence-electron chi connectivity index (χ0n) is 11.8. The first-order valence-corrected chi connectivity index (χ1v) is 6.87. The Morgan fingerprint density at radius 2 is 2.00 bits per heavy atom. The molecule has 3 nitrogen and oxygen atoms in total. The van der Waals surface area contributed by atoms with Gasteiger partial charge in [-0.3, -0.25) is 4.79 Å². The van der Waals surface area contributed by atoms with Gasteiger partial charge in [-0.1, -0.05) is 0 Å². The number of alkyl halides is 3. The van der Waals surface area contributed by atoms with E-state index in [1.54, 1.807) is 11.8 Å². The first-order valence-electron chi connectivity index (χ1n) is 6.87. The van der Waals surface area contributed by atoms with E-state index in [-0.39, 0.29) is 11.3 Å². The molecule has 1 heterocycles. The second-order valence-corrected chi connectivity index (χ2v) is 5.73. The van der Waals surface area contributed by atoms with Crippen LogP contribution in [-0.4, -0.2) is 30.1 Å². The fourth-order valence-corrected chi connectivity index (χ4v) is 2.63. The third kappa shape index (κ3) is 3.75. The molecule has 6 heteroatoms. The van der Waals surface area contributed by atoms with Crippen LogP contribution >= 0.6 is 0 Å². The summed E-state index contributed by atoms with van der Waals surface area (Å²) < 4.78 is 39.5.